The molecule has 0 aromatic carbocycles. The van der Waals surface area contributed by atoms with Crippen LogP contribution in [0.5, 0.6) is 0 Å². The molecular weight excluding hydrogens is 326 g/mol. The lowest BCUT2D eigenvalue weighted by atomic mass is 9.81. The van der Waals surface area contributed by atoms with E-state index in [4.69, 9.17) is 4.52 Å². The van der Waals surface area contributed by atoms with Crippen molar-refractivity contribution in [2.45, 2.75) is 33.6 Å². The third-order valence-corrected chi connectivity index (χ3v) is 5.41. The molecule has 2 saturated heterocycles. The Kier molecular flexibility index (Phi) is 4.30. The van der Waals surface area contributed by atoms with E-state index >= 15 is 0 Å². The number of aromatic nitrogens is 1. The quantitative estimate of drug-likeness (QED) is 0.835. The number of likely N-dealkylation sites (tertiary alicyclic amines) is 2. The van der Waals surface area contributed by atoms with Gasteiger partial charge in [-0.25, -0.2) is 0 Å². The van der Waals surface area contributed by atoms with Crippen LogP contribution in [0.1, 0.15) is 30.4 Å². The molecule has 136 valence electrons. The number of carboxylic acid groups (broad SMARTS) is 1. The van der Waals surface area contributed by atoms with Crippen molar-refractivity contribution in [1.82, 2.24) is 15.0 Å². The normalized spacial score (nSPS) is 25.6. The molecule has 0 unspecified atom stereocenters. The van der Waals surface area contributed by atoms with Gasteiger partial charge in [-0.1, -0.05) is 12.1 Å². The molecule has 0 aliphatic carbocycles. The van der Waals surface area contributed by atoms with E-state index in [1.807, 2.05) is 6.92 Å². The third-order valence-electron chi connectivity index (χ3n) is 5.41. The van der Waals surface area contributed by atoms with Gasteiger partial charge in [0.05, 0.1) is 18.0 Å². The summed E-state index contributed by atoms with van der Waals surface area (Å²) in [4.78, 5) is 40.3. The van der Waals surface area contributed by atoms with E-state index in [2.05, 4.69) is 5.16 Å². The summed E-state index contributed by atoms with van der Waals surface area (Å²) >= 11 is 0. The Balaban J connectivity index is 1.78. The van der Waals surface area contributed by atoms with Gasteiger partial charge in [0.25, 0.3) is 0 Å². The minimum absolute atomic E-state index is 0.0706. The number of hydrogen-bond donors (Lipinski definition) is 1. The summed E-state index contributed by atoms with van der Waals surface area (Å²) in [5, 5.41) is 13.6. The zero-order valence-corrected chi connectivity index (χ0v) is 14.7. The Morgan fingerprint density at radius 3 is 2.60 bits per heavy atom. The molecule has 1 aromatic heterocycles. The van der Waals surface area contributed by atoms with Crippen LogP contribution in [0.4, 0.5) is 0 Å². The van der Waals surface area contributed by atoms with Gasteiger partial charge in [-0.15, -0.1) is 0 Å². The first-order valence-electron chi connectivity index (χ1n) is 8.52. The predicted molar refractivity (Wildman–Crippen MR) is 86.7 cm³/mol. The fourth-order valence-electron chi connectivity index (χ4n) is 3.97. The monoisotopic (exact) mass is 349 g/mol. The summed E-state index contributed by atoms with van der Waals surface area (Å²) in [5.74, 6) is -1.43. The average molecular weight is 349 g/mol. The molecule has 2 fully saturated rings. The predicted octanol–water partition coefficient (Wildman–Crippen LogP) is 0.616. The number of aliphatic carboxylic acids is 1. The van der Waals surface area contributed by atoms with Crippen LogP contribution in [-0.2, 0) is 20.8 Å². The van der Waals surface area contributed by atoms with E-state index < -0.39 is 17.3 Å². The van der Waals surface area contributed by atoms with Crippen molar-refractivity contribution in [3.8, 4) is 0 Å². The summed E-state index contributed by atoms with van der Waals surface area (Å²) in [6.07, 6.45) is 0.888. The lowest BCUT2D eigenvalue weighted by molar-refractivity contribution is -0.150. The second-order valence-electron chi connectivity index (χ2n) is 7.03. The molecule has 0 saturated carbocycles. The molecule has 8 heteroatoms. The Hall–Kier alpha value is -2.38. The van der Waals surface area contributed by atoms with Crippen LogP contribution in [0.15, 0.2) is 4.52 Å². The van der Waals surface area contributed by atoms with E-state index in [0.717, 1.165) is 12.0 Å². The van der Waals surface area contributed by atoms with Gasteiger partial charge >= 0.3 is 5.97 Å². The number of rotatable bonds is 5. The van der Waals surface area contributed by atoms with Crippen LogP contribution in [0.25, 0.3) is 0 Å². The van der Waals surface area contributed by atoms with Crippen molar-refractivity contribution in [1.29, 1.82) is 0 Å². The van der Waals surface area contributed by atoms with E-state index in [-0.39, 0.29) is 37.9 Å². The lowest BCUT2D eigenvalue weighted by Crippen LogP contribution is -2.42. The zero-order valence-electron chi connectivity index (χ0n) is 14.7. The van der Waals surface area contributed by atoms with Crippen LogP contribution in [0.2, 0.25) is 0 Å². The molecule has 3 rings (SSSR count). The molecule has 0 bridgehead atoms. The summed E-state index contributed by atoms with van der Waals surface area (Å²) in [6.45, 7) is 6.42. The number of fused-ring (bicyclic) bond motifs is 1. The number of carbonyl (C=O) groups excluding carboxylic acids is 2. The average Bonchev–Trinajstić information content (AvgIpc) is 3.17. The standard InChI is InChI=1S/C17H23N3O5/c1-4-5-19-8-17(16(23)24)9-20(7-13(17)15(19)22)14(21)6-12-10(2)18-25-11(12)3/h13H,4-9H2,1-3H3,(H,23,24)/t13-,17+/m0/s1. The van der Waals surface area contributed by atoms with Crippen molar-refractivity contribution in [2.75, 3.05) is 26.2 Å². The van der Waals surface area contributed by atoms with E-state index in [1.165, 1.54) is 4.90 Å². The van der Waals surface area contributed by atoms with E-state index in [0.29, 0.717) is 18.0 Å². The Labute approximate surface area is 145 Å². The minimum Gasteiger partial charge on any atom is -0.481 e. The topological polar surface area (TPSA) is 104 Å². The van der Waals surface area contributed by atoms with Crippen molar-refractivity contribution < 1.29 is 24.0 Å². The van der Waals surface area contributed by atoms with Gasteiger partial charge < -0.3 is 19.4 Å². The van der Waals surface area contributed by atoms with Crippen LogP contribution >= 0.6 is 0 Å². The van der Waals surface area contributed by atoms with Gasteiger partial charge in [0.2, 0.25) is 11.8 Å². The number of carboxylic acids is 1. The maximum Gasteiger partial charge on any atom is 0.314 e. The highest BCUT2D eigenvalue weighted by Gasteiger charge is 2.62. The fraction of sp³-hybridized carbons (Fsp3) is 0.647. The Bertz CT molecular complexity index is 708. The summed E-state index contributed by atoms with van der Waals surface area (Å²) in [6, 6.07) is 0. The van der Waals surface area contributed by atoms with Gasteiger partial charge in [-0.05, 0) is 20.3 Å². The van der Waals surface area contributed by atoms with Crippen LogP contribution < -0.4 is 0 Å². The maximum atomic E-state index is 12.7. The molecule has 2 aliphatic heterocycles. The van der Waals surface area contributed by atoms with Gasteiger partial charge in [0.1, 0.15) is 11.2 Å². The number of hydrogen-bond acceptors (Lipinski definition) is 5. The van der Waals surface area contributed by atoms with Crippen molar-refractivity contribution >= 4 is 17.8 Å². The van der Waals surface area contributed by atoms with Crippen LogP contribution in [-0.4, -0.2) is 64.0 Å². The second kappa shape index (κ2) is 6.16. The first kappa shape index (κ1) is 17.4. The molecule has 25 heavy (non-hydrogen) atoms. The zero-order chi connectivity index (χ0) is 18.4. The van der Waals surface area contributed by atoms with Gasteiger partial charge in [-0.3, -0.25) is 14.4 Å². The molecular formula is C17H23N3O5. The molecule has 8 nitrogen and oxygen atoms in total. The Morgan fingerprint density at radius 2 is 2.08 bits per heavy atom. The molecule has 0 spiro atoms. The number of amides is 2. The first-order chi connectivity index (χ1) is 11.8. The van der Waals surface area contributed by atoms with E-state index in [9.17, 15) is 19.5 Å². The summed E-state index contributed by atoms with van der Waals surface area (Å²) < 4.78 is 5.07. The number of nitrogens with zero attached hydrogens (tertiary/aromatic N) is 3. The third kappa shape index (κ3) is 2.69. The van der Waals surface area contributed by atoms with Crippen molar-refractivity contribution in [2.24, 2.45) is 11.3 Å². The minimum atomic E-state index is -1.19. The SMILES string of the molecule is CCCN1C[C@@]2(C(=O)O)CN(C(=O)Cc3c(C)noc3C)C[C@H]2C1=O. The van der Waals surface area contributed by atoms with Gasteiger partial charge in [-0.2, -0.15) is 0 Å². The molecule has 2 amide bonds. The number of carbonyl (C=O) groups is 3. The lowest BCUT2D eigenvalue weighted by Gasteiger charge is -2.25. The number of aryl methyl sites for hydroxylation is 2. The molecule has 2 aliphatic rings. The molecule has 1 N–H and O–H groups in total. The largest absolute Gasteiger partial charge is 0.481 e. The first-order valence-corrected chi connectivity index (χ1v) is 8.52. The molecule has 2 atom stereocenters. The maximum absolute atomic E-state index is 12.7. The fourth-order valence-corrected chi connectivity index (χ4v) is 3.97. The Morgan fingerprint density at radius 1 is 1.36 bits per heavy atom. The molecule has 3 heterocycles. The highest BCUT2D eigenvalue weighted by molar-refractivity contribution is 5.94. The summed E-state index contributed by atoms with van der Waals surface area (Å²) in [5.41, 5.74) is 0.189. The highest BCUT2D eigenvalue weighted by Crippen LogP contribution is 2.43. The smallest absolute Gasteiger partial charge is 0.314 e. The van der Waals surface area contributed by atoms with Crippen LogP contribution in [0, 0.1) is 25.2 Å². The van der Waals surface area contributed by atoms with Crippen molar-refractivity contribution in [3.05, 3.63) is 17.0 Å². The molecule has 0 radical (unpaired) electrons. The van der Waals surface area contributed by atoms with Crippen molar-refractivity contribution in [3.63, 3.8) is 0 Å². The summed E-state index contributed by atoms with van der Waals surface area (Å²) in [7, 11) is 0. The van der Waals surface area contributed by atoms with Crippen LogP contribution in [0.3, 0.4) is 0 Å². The van der Waals surface area contributed by atoms with Gasteiger partial charge in [0.15, 0.2) is 0 Å². The van der Waals surface area contributed by atoms with Gasteiger partial charge in [0, 0.05) is 31.7 Å². The molecule has 1 aromatic rings. The second-order valence-corrected chi connectivity index (χ2v) is 7.03. The van der Waals surface area contributed by atoms with E-state index in [1.54, 1.807) is 18.7 Å². The highest BCUT2D eigenvalue weighted by atomic mass is 16.5.